The summed E-state index contributed by atoms with van der Waals surface area (Å²) in [4.78, 5) is 10.8. The fraction of sp³-hybridized carbons (Fsp3) is 0.0769. The molecule has 84 valence electrons. The standard InChI is InChI=1S/C13H11N3S/c1-8-2-5-12(17-8)9-3-4-11-10(6-9)13(14)16-7-15-11/h2-7H,1H3,(H2,14,15,16). The van der Waals surface area contributed by atoms with Crippen LogP contribution in [0.2, 0.25) is 0 Å². The second-order valence-corrected chi connectivity index (χ2v) is 5.19. The van der Waals surface area contributed by atoms with E-state index in [4.69, 9.17) is 5.73 Å². The number of aryl methyl sites for hydroxylation is 1. The molecule has 0 unspecified atom stereocenters. The summed E-state index contributed by atoms with van der Waals surface area (Å²) in [6, 6.07) is 10.4. The van der Waals surface area contributed by atoms with Crippen LogP contribution in [0.15, 0.2) is 36.7 Å². The van der Waals surface area contributed by atoms with Crippen LogP contribution in [0.25, 0.3) is 21.3 Å². The summed E-state index contributed by atoms with van der Waals surface area (Å²) in [6.07, 6.45) is 1.49. The van der Waals surface area contributed by atoms with Crippen molar-refractivity contribution in [3.63, 3.8) is 0 Å². The normalized spacial score (nSPS) is 10.9. The first kappa shape index (κ1) is 10.2. The third kappa shape index (κ3) is 1.76. The summed E-state index contributed by atoms with van der Waals surface area (Å²) in [5.74, 6) is 0.533. The maximum Gasteiger partial charge on any atom is 0.134 e. The minimum atomic E-state index is 0.533. The Hall–Kier alpha value is -1.94. The van der Waals surface area contributed by atoms with Gasteiger partial charge in [0.1, 0.15) is 12.1 Å². The van der Waals surface area contributed by atoms with Gasteiger partial charge in [0.15, 0.2) is 0 Å². The Morgan fingerprint density at radius 1 is 1.12 bits per heavy atom. The van der Waals surface area contributed by atoms with E-state index in [0.29, 0.717) is 5.82 Å². The number of hydrogen-bond acceptors (Lipinski definition) is 4. The first-order valence-corrected chi connectivity index (χ1v) is 6.13. The van der Waals surface area contributed by atoms with Gasteiger partial charge in [0.2, 0.25) is 0 Å². The lowest BCUT2D eigenvalue weighted by molar-refractivity contribution is 1.23. The Bertz CT molecular complexity index is 688. The Balaban J connectivity index is 2.22. The monoisotopic (exact) mass is 241 g/mol. The minimum Gasteiger partial charge on any atom is -0.383 e. The number of anilines is 1. The molecule has 2 N–H and O–H groups in total. The van der Waals surface area contributed by atoms with Gasteiger partial charge in [-0.2, -0.15) is 0 Å². The van der Waals surface area contributed by atoms with E-state index >= 15 is 0 Å². The van der Waals surface area contributed by atoms with E-state index in [0.717, 1.165) is 16.5 Å². The summed E-state index contributed by atoms with van der Waals surface area (Å²) >= 11 is 1.77. The molecular weight excluding hydrogens is 230 g/mol. The Labute approximate surface area is 103 Å². The van der Waals surface area contributed by atoms with Gasteiger partial charge >= 0.3 is 0 Å². The molecule has 0 fully saturated rings. The summed E-state index contributed by atoms with van der Waals surface area (Å²) in [5, 5.41) is 0.913. The molecule has 0 bridgehead atoms. The van der Waals surface area contributed by atoms with Gasteiger partial charge in [0.05, 0.1) is 5.52 Å². The smallest absolute Gasteiger partial charge is 0.134 e. The largest absolute Gasteiger partial charge is 0.383 e. The van der Waals surface area contributed by atoms with Gasteiger partial charge in [0.25, 0.3) is 0 Å². The third-order valence-corrected chi connectivity index (χ3v) is 3.74. The van der Waals surface area contributed by atoms with Gasteiger partial charge in [-0.05, 0) is 36.8 Å². The highest BCUT2D eigenvalue weighted by atomic mass is 32.1. The molecule has 3 nitrogen and oxygen atoms in total. The van der Waals surface area contributed by atoms with Gasteiger partial charge in [-0.3, -0.25) is 0 Å². The average Bonchev–Trinajstić information content (AvgIpc) is 2.76. The number of nitrogens with two attached hydrogens (primary N) is 1. The van der Waals surface area contributed by atoms with Crippen LogP contribution in [0.5, 0.6) is 0 Å². The van der Waals surface area contributed by atoms with Crippen LogP contribution in [0.1, 0.15) is 4.88 Å². The predicted octanol–water partition coefficient (Wildman–Crippen LogP) is 3.25. The number of rotatable bonds is 1. The molecular formula is C13H11N3S. The molecule has 4 heteroatoms. The number of benzene rings is 1. The number of fused-ring (bicyclic) bond motifs is 1. The van der Waals surface area contributed by atoms with Gasteiger partial charge in [0, 0.05) is 15.1 Å². The fourth-order valence-electron chi connectivity index (χ4n) is 1.82. The Morgan fingerprint density at radius 3 is 2.76 bits per heavy atom. The maximum atomic E-state index is 5.86. The lowest BCUT2D eigenvalue weighted by Crippen LogP contribution is -1.92. The number of nitrogens with zero attached hydrogens (tertiary/aromatic N) is 2. The number of hydrogen-bond donors (Lipinski definition) is 1. The molecule has 1 aromatic carbocycles. The second-order valence-electron chi connectivity index (χ2n) is 3.90. The van der Waals surface area contributed by atoms with Crippen molar-refractivity contribution in [2.45, 2.75) is 6.92 Å². The topological polar surface area (TPSA) is 51.8 Å². The van der Waals surface area contributed by atoms with E-state index in [1.807, 2.05) is 6.07 Å². The van der Waals surface area contributed by atoms with E-state index in [-0.39, 0.29) is 0 Å². The zero-order valence-corrected chi connectivity index (χ0v) is 10.2. The van der Waals surface area contributed by atoms with E-state index in [1.165, 1.54) is 16.1 Å². The molecule has 0 aliphatic carbocycles. The highest BCUT2D eigenvalue weighted by Crippen LogP contribution is 2.30. The van der Waals surface area contributed by atoms with Crippen molar-refractivity contribution >= 4 is 28.1 Å². The summed E-state index contributed by atoms with van der Waals surface area (Å²) < 4.78 is 0. The summed E-state index contributed by atoms with van der Waals surface area (Å²) in [7, 11) is 0. The molecule has 3 aromatic rings. The van der Waals surface area contributed by atoms with Gasteiger partial charge in [-0.1, -0.05) is 6.07 Å². The van der Waals surface area contributed by atoms with E-state index < -0.39 is 0 Å². The predicted molar refractivity (Wildman–Crippen MR) is 72.0 cm³/mol. The van der Waals surface area contributed by atoms with Gasteiger partial charge in [-0.25, -0.2) is 9.97 Å². The van der Waals surface area contributed by atoms with Crippen LogP contribution in [-0.2, 0) is 0 Å². The first-order chi connectivity index (χ1) is 8.24. The van der Waals surface area contributed by atoms with E-state index in [1.54, 1.807) is 11.3 Å². The number of thiophene rings is 1. The SMILES string of the molecule is Cc1ccc(-c2ccc3ncnc(N)c3c2)s1. The lowest BCUT2D eigenvalue weighted by Gasteiger charge is -2.02. The minimum absolute atomic E-state index is 0.533. The van der Waals surface area contributed by atoms with Crippen molar-refractivity contribution in [2.75, 3.05) is 5.73 Å². The molecule has 0 aliphatic rings. The highest BCUT2D eigenvalue weighted by Gasteiger charge is 2.05. The van der Waals surface area contributed by atoms with Crippen LogP contribution in [0.4, 0.5) is 5.82 Å². The van der Waals surface area contributed by atoms with Crippen LogP contribution >= 0.6 is 11.3 Å². The molecule has 0 amide bonds. The van der Waals surface area contributed by atoms with E-state index in [9.17, 15) is 0 Å². The highest BCUT2D eigenvalue weighted by molar-refractivity contribution is 7.15. The second kappa shape index (κ2) is 3.82. The van der Waals surface area contributed by atoms with Gasteiger partial charge in [-0.15, -0.1) is 11.3 Å². The van der Waals surface area contributed by atoms with E-state index in [2.05, 4.69) is 41.2 Å². The van der Waals surface area contributed by atoms with Crippen molar-refractivity contribution in [1.29, 1.82) is 0 Å². The molecule has 3 rings (SSSR count). The van der Waals surface area contributed by atoms with Crippen molar-refractivity contribution in [3.8, 4) is 10.4 Å². The maximum absolute atomic E-state index is 5.86. The molecule has 0 saturated carbocycles. The number of nitrogen functional groups attached to an aromatic ring is 1. The zero-order valence-electron chi connectivity index (χ0n) is 9.34. The molecule has 2 aromatic heterocycles. The van der Waals surface area contributed by atoms with Gasteiger partial charge < -0.3 is 5.73 Å². The van der Waals surface area contributed by atoms with Crippen molar-refractivity contribution in [1.82, 2.24) is 9.97 Å². The van der Waals surface area contributed by atoms with Crippen LogP contribution in [0, 0.1) is 6.92 Å². The van der Waals surface area contributed by atoms with Crippen LogP contribution in [0.3, 0.4) is 0 Å². The summed E-state index contributed by atoms with van der Waals surface area (Å²) in [6.45, 7) is 2.10. The summed E-state index contributed by atoms with van der Waals surface area (Å²) in [5.41, 5.74) is 7.91. The van der Waals surface area contributed by atoms with Crippen LogP contribution in [-0.4, -0.2) is 9.97 Å². The Kier molecular flexibility index (Phi) is 2.30. The van der Waals surface area contributed by atoms with Crippen molar-refractivity contribution in [2.24, 2.45) is 0 Å². The number of aromatic nitrogens is 2. The quantitative estimate of drug-likeness (QED) is 0.711. The molecule has 0 aliphatic heterocycles. The Morgan fingerprint density at radius 2 is 2.00 bits per heavy atom. The molecule has 0 radical (unpaired) electrons. The average molecular weight is 241 g/mol. The first-order valence-electron chi connectivity index (χ1n) is 5.31. The fourth-order valence-corrected chi connectivity index (χ4v) is 2.68. The van der Waals surface area contributed by atoms with Crippen LogP contribution < -0.4 is 5.73 Å². The molecule has 2 heterocycles. The molecule has 0 atom stereocenters. The molecule has 0 spiro atoms. The third-order valence-electron chi connectivity index (χ3n) is 2.69. The van der Waals surface area contributed by atoms with Crippen molar-refractivity contribution < 1.29 is 0 Å². The zero-order chi connectivity index (χ0) is 11.8. The molecule has 0 saturated heterocycles. The van der Waals surface area contributed by atoms with Crippen molar-refractivity contribution in [3.05, 3.63) is 41.5 Å². The lowest BCUT2D eigenvalue weighted by atomic mass is 10.1. The molecule has 17 heavy (non-hydrogen) atoms.